The van der Waals surface area contributed by atoms with Gasteiger partial charge in [0.15, 0.2) is 18.1 Å². The van der Waals surface area contributed by atoms with Gasteiger partial charge in [-0.2, -0.15) is 0 Å². The van der Waals surface area contributed by atoms with Crippen LogP contribution in [0.4, 0.5) is 0 Å². The Morgan fingerprint density at radius 3 is 2.29 bits per heavy atom. The topological polar surface area (TPSA) is 100 Å². The molecule has 0 aromatic heterocycles. The molecule has 2 amide bonds. The summed E-state index contributed by atoms with van der Waals surface area (Å²) < 4.78 is 21.2. The molecule has 3 aromatic carbocycles. The van der Waals surface area contributed by atoms with Gasteiger partial charge in [-0.15, -0.1) is 0 Å². The van der Waals surface area contributed by atoms with E-state index >= 15 is 0 Å². The lowest BCUT2D eigenvalue weighted by molar-refractivity contribution is -0.123. The molecule has 3 rings (SSSR count). The normalized spacial score (nSPS) is 10.2. The maximum absolute atomic E-state index is 12.4. The summed E-state index contributed by atoms with van der Waals surface area (Å²) in [4.78, 5) is 36.7. The van der Waals surface area contributed by atoms with Crippen LogP contribution in [-0.4, -0.2) is 38.6 Å². The predicted octanol–water partition coefficient (Wildman–Crippen LogP) is 4.05. The lowest BCUT2D eigenvalue weighted by Crippen LogP contribution is -2.34. The maximum atomic E-state index is 12.4. The van der Waals surface area contributed by atoms with Crippen molar-refractivity contribution in [2.24, 2.45) is 0 Å². The Kier molecular flexibility index (Phi) is 8.48. The van der Waals surface area contributed by atoms with Gasteiger partial charge in [-0.1, -0.05) is 41.9 Å². The van der Waals surface area contributed by atoms with Gasteiger partial charge in [0, 0.05) is 10.6 Å². The molecule has 0 heterocycles. The fraction of sp³-hybridized carbons (Fsp3) is 0.160. The Labute approximate surface area is 201 Å². The molecule has 34 heavy (non-hydrogen) atoms. The first kappa shape index (κ1) is 24.6. The van der Waals surface area contributed by atoms with E-state index in [9.17, 15) is 14.4 Å². The molecule has 0 saturated heterocycles. The Balaban J connectivity index is 1.57. The minimum atomic E-state index is -0.782. The van der Waals surface area contributed by atoms with Crippen molar-refractivity contribution in [2.75, 3.05) is 20.8 Å². The zero-order valence-electron chi connectivity index (χ0n) is 18.5. The van der Waals surface area contributed by atoms with Crippen LogP contribution in [0.25, 0.3) is 0 Å². The van der Waals surface area contributed by atoms with Crippen LogP contribution in [0, 0.1) is 0 Å². The van der Waals surface area contributed by atoms with Crippen molar-refractivity contribution in [2.45, 2.75) is 6.61 Å². The lowest BCUT2D eigenvalue weighted by atomic mass is 10.2. The Morgan fingerprint density at radius 1 is 0.853 bits per heavy atom. The molecule has 0 saturated carbocycles. The van der Waals surface area contributed by atoms with Crippen LogP contribution < -0.4 is 19.5 Å². The molecule has 1 N–H and O–H groups in total. The molecule has 0 aliphatic heterocycles. The fourth-order valence-corrected chi connectivity index (χ4v) is 3.15. The number of para-hydroxylation sites is 1. The number of hydrogen-bond acceptors (Lipinski definition) is 7. The number of halogens is 1. The molecule has 3 aromatic rings. The summed E-state index contributed by atoms with van der Waals surface area (Å²) in [5.74, 6) is -1.20. The summed E-state index contributed by atoms with van der Waals surface area (Å²) in [5.41, 5.74) is 1.12. The molecular formula is C25H22ClNO7. The van der Waals surface area contributed by atoms with E-state index in [-0.39, 0.29) is 17.7 Å². The van der Waals surface area contributed by atoms with E-state index in [1.807, 2.05) is 18.2 Å². The highest BCUT2D eigenvalue weighted by atomic mass is 35.5. The van der Waals surface area contributed by atoms with E-state index in [0.29, 0.717) is 22.3 Å². The molecule has 0 aliphatic carbocycles. The van der Waals surface area contributed by atoms with Gasteiger partial charge in [-0.25, -0.2) is 4.79 Å². The first-order valence-corrected chi connectivity index (χ1v) is 10.5. The number of imide groups is 1. The third kappa shape index (κ3) is 6.26. The third-order valence-corrected chi connectivity index (χ3v) is 5.05. The van der Waals surface area contributed by atoms with Crippen LogP contribution in [0.2, 0.25) is 5.02 Å². The van der Waals surface area contributed by atoms with Gasteiger partial charge in [0.1, 0.15) is 12.4 Å². The van der Waals surface area contributed by atoms with E-state index < -0.39 is 24.4 Å². The zero-order chi connectivity index (χ0) is 24.5. The van der Waals surface area contributed by atoms with Crippen LogP contribution in [0.5, 0.6) is 17.2 Å². The van der Waals surface area contributed by atoms with Gasteiger partial charge in [0.05, 0.1) is 25.3 Å². The number of carbonyl (C=O) groups is 3. The van der Waals surface area contributed by atoms with E-state index in [1.165, 1.54) is 32.4 Å². The zero-order valence-corrected chi connectivity index (χ0v) is 19.3. The lowest BCUT2D eigenvalue weighted by Gasteiger charge is -2.13. The quantitative estimate of drug-likeness (QED) is 0.458. The molecule has 0 unspecified atom stereocenters. The van der Waals surface area contributed by atoms with Crippen molar-refractivity contribution < 1.29 is 33.3 Å². The second-order valence-electron chi connectivity index (χ2n) is 6.90. The number of methoxy groups -OCH3 is 2. The summed E-state index contributed by atoms with van der Waals surface area (Å²) in [6.07, 6.45) is 0. The van der Waals surface area contributed by atoms with Crippen molar-refractivity contribution in [3.8, 4) is 17.2 Å². The molecule has 0 aliphatic rings. The molecule has 0 spiro atoms. The summed E-state index contributed by atoms with van der Waals surface area (Å²) in [7, 11) is 2.85. The van der Waals surface area contributed by atoms with Crippen LogP contribution in [-0.2, 0) is 16.1 Å². The standard InChI is InChI=1S/C25H22ClNO7/c1-31-20-10-6-4-8-18(20)24(29)27-23(28)15-34-25(30)16-11-12-21(22(13-16)32-2)33-14-17-7-3-5-9-19(17)26/h3-13H,14-15H2,1-2H3,(H,27,28,29). The highest BCUT2D eigenvalue weighted by Crippen LogP contribution is 2.30. The van der Waals surface area contributed by atoms with Crippen LogP contribution in [0.3, 0.4) is 0 Å². The van der Waals surface area contributed by atoms with Crippen molar-refractivity contribution in [3.63, 3.8) is 0 Å². The summed E-state index contributed by atoms with van der Waals surface area (Å²) >= 11 is 6.14. The minimum Gasteiger partial charge on any atom is -0.496 e. The van der Waals surface area contributed by atoms with Gasteiger partial charge in [0.25, 0.3) is 11.8 Å². The number of ether oxygens (including phenoxy) is 4. The Hall–Kier alpha value is -4.04. The number of carbonyl (C=O) groups excluding carboxylic acids is 3. The molecule has 176 valence electrons. The van der Waals surface area contributed by atoms with Gasteiger partial charge >= 0.3 is 5.97 Å². The van der Waals surface area contributed by atoms with E-state index in [0.717, 1.165) is 5.56 Å². The Bertz CT molecular complexity index is 1200. The van der Waals surface area contributed by atoms with E-state index in [2.05, 4.69) is 5.32 Å². The van der Waals surface area contributed by atoms with E-state index in [1.54, 1.807) is 30.3 Å². The van der Waals surface area contributed by atoms with Crippen LogP contribution in [0.1, 0.15) is 26.3 Å². The number of esters is 1. The SMILES string of the molecule is COc1cc(C(=O)OCC(=O)NC(=O)c2ccccc2OC)ccc1OCc1ccccc1Cl. The molecular weight excluding hydrogens is 462 g/mol. The monoisotopic (exact) mass is 483 g/mol. The molecule has 9 heteroatoms. The summed E-state index contributed by atoms with van der Waals surface area (Å²) in [6, 6.07) is 18.2. The summed E-state index contributed by atoms with van der Waals surface area (Å²) in [6.45, 7) is -0.437. The van der Waals surface area contributed by atoms with Gasteiger partial charge < -0.3 is 18.9 Å². The third-order valence-electron chi connectivity index (χ3n) is 4.68. The molecule has 0 atom stereocenters. The van der Waals surface area contributed by atoms with Gasteiger partial charge in [-0.3, -0.25) is 14.9 Å². The minimum absolute atomic E-state index is 0.144. The van der Waals surface area contributed by atoms with Crippen molar-refractivity contribution >= 4 is 29.4 Å². The average molecular weight is 484 g/mol. The molecule has 0 radical (unpaired) electrons. The van der Waals surface area contributed by atoms with Crippen molar-refractivity contribution in [3.05, 3.63) is 88.4 Å². The number of benzene rings is 3. The van der Waals surface area contributed by atoms with Gasteiger partial charge in [-0.05, 0) is 36.4 Å². The Morgan fingerprint density at radius 2 is 1.56 bits per heavy atom. The number of nitrogens with one attached hydrogen (secondary N) is 1. The number of rotatable bonds is 9. The second kappa shape index (κ2) is 11.7. The fourth-order valence-electron chi connectivity index (χ4n) is 2.96. The van der Waals surface area contributed by atoms with Gasteiger partial charge in [0.2, 0.25) is 0 Å². The predicted molar refractivity (Wildman–Crippen MR) is 125 cm³/mol. The van der Waals surface area contributed by atoms with Crippen LogP contribution in [0.15, 0.2) is 66.7 Å². The average Bonchev–Trinajstić information content (AvgIpc) is 2.86. The number of hydrogen-bond donors (Lipinski definition) is 1. The van der Waals surface area contributed by atoms with Crippen molar-refractivity contribution in [1.29, 1.82) is 0 Å². The first-order valence-electron chi connectivity index (χ1n) is 10.1. The van der Waals surface area contributed by atoms with Crippen LogP contribution >= 0.6 is 11.6 Å². The molecule has 0 fully saturated rings. The maximum Gasteiger partial charge on any atom is 0.338 e. The first-order chi connectivity index (χ1) is 16.4. The highest BCUT2D eigenvalue weighted by molar-refractivity contribution is 6.31. The van der Waals surface area contributed by atoms with E-state index in [4.69, 9.17) is 30.5 Å². The smallest absolute Gasteiger partial charge is 0.338 e. The molecule has 0 bridgehead atoms. The summed E-state index contributed by atoms with van der Waals surface area (Å²) in [5, 5.41) is 2.73. The van der Waals surface area contributed by atoms with Crippen molar-refractivity contribution in [1.82, 2.24) is 5.32 Å². The number of amides is 2. The largest absolute Gasteiger partial charge is 0.496 e. The molecule has 8 nitrogen and oxygen atoms in total. The highest BCUT2D eigenvalue weighted by Gasteiger charge is 2.18. The second-order valence-corrected chi connectivity index (χ2v) is 7.31.